The number of aromatic nitrogens is 2. The molecular weight excluding hydrogens is 363 g/mol. The Morgan fingerprint density at radius 3 is 2.68 bits per heavy atom. The fourth-order valence-electron chi connectivity index (χ4n) is 3.44. The summed E-state index contributed by atoms with van der Waals surface area (Å²) in [5.41, 5.74) is 3.64. The largest absolute Gasteiger partial charge is 0.320 e. The lowest BCUT2D eigenvalue weighted by Gasteiger charge is -2.06. The molecule has 3 aromatic rings. The van der Waals surface area contributed by atoms with Gasteiger partial charge < -0.3 is 5.32 Å². The number of benzene rings is 2. The highest BCUT2D eigenvalue weighted by Gasteiger charge is 2.27. The predicted octanol–water partition coefficient (Wildman–Crippen LogP) is 3.97. The van der Waals surface area contributed by atoms with Crippen LogP contribution in [0, 0.1) is 22.9 Å². The molecule has 1 N–H and O–H groups in total. The van der Waals surface area contributed by atoms with Crippen LogP contribution in [0.4, 0.5) is 15.8 Å². The van der Waals surface area contributed by atoms with Crippen molar-refractivity contribution in [3.63, 3.8) is 0 Å². The number of aryl methyl sites for hydroxylation is 1. The molecule has 28 heavy (non-hydrogen) atoms. The zero-order chi connectivity index (χ0) is 19.8. The molecule has 0 atom stereocenters. The number of nitro benzene ring substituents is 1. The molecule has 0 unspecified atom stereocenters. The fraction of sp³-hybridized carbons (Fsp3) is 0.200. The molecule has 142 valence electrons. The number of anilines is 1. The molecule has 0 saturated carbocycles. The SMILES string of the molecule is Cc1ccc(-n2nc(C(=O)Nc3ccc(F)c([N+](=O)[O-])c3)c3c2CCC3)cc1. The molecule has 4 rings (SSSR count). The standard InChI is InChI=1S/C20H17FN4O3/c1-12-5-8-14(9-6-12)24-17-4-2-3-15(17)19(23-24)20(26)22-13-7-10-16(21)18(11-13)25(27)28/h5-11H,2-4H2,1H3,(H,22,26). The molecule has 0 bridgehead atoms. The van der Waals surface area contributed by atoms with Crippen molar-refractivity contribution < 1.29 is 14.1 Å². The third-order valence-corrected chi connectivity index (χ3v) is 4.82. The first-order valence-corrected chi connectivity index (χ1v) is 8.87. The van der Waals surface area contributed by atoms with Crippen LogP contribution in [-0.4, -0.2) is 20.6 Å². The lowest BCUT2D eigenvalue weighted by molar-refractivity contribution is -0.387. The predicted molar refractivity (Wildman–Crippen MR) is 101 cm³/mol. The third-order valence-electron chi connectivity index (χ3n) is 4.82. The van der Waals surface area contributed by atoms with Gasteiger partial charge in [0.2, 0.25) is 5.82 Å². The van der Waals surface area contributed by atoms with E-state index >= 15 is 0 Å². The Balaban J connectivity index is 1.67. The smallest absolute Gasteiger partial charge is 0.306 e. The van der Waals surface area contributed by atoms with Crippen molar-refractivity contribution in [3.05, 3.63) is 80.9 Å². The maximum absolute atomic E-state index is 13.5. The summed E-state index contributed by atoms with van der Waals surface area (Å²) in [6, 6.07) is 11.1. The van der Waals surface area contributed by atoms with E-state index in [2.05, 4.69) is 10.4 Å². The second-order valence-corrected chi connectivity index (χ2v) is 6.75. The molecule has 0 radical (unpaired) electrons. The molecule has 0 spiro atoms. The number of hydrogen-bond donors (Lipinski definition) is 1. The van der Waals surface area contributed by atoms with Crippen molar-refractivity contribution in [2.45, 2.75) is 26.2 Å². The summed E-state index contributed by atoms with van der Waals surface area (Å²) in [5, 5.41) is 18.0. The van der Waals surface area contributed by atoms with E-state index in [1.165, 1.54) is 6.07 Å². The average molecular weight is 380 g/mol. The number of carbonyl (C=O) groups is 1. The van der Waals surface area contributed by atoms with E-state index in [9.17, 15) is 19.3 Å². The van der Waals surface area contributed by atoms with Crippen LogP contribution in [0.3, 0.4) is 0 Å². The number of carbonyl (C=O) groups excluding carboxylic acids is 1. The van der Waals surface area contributed by atoms with E-state index in [1.807, 2.05) is 31.2 Å². The normalized spacial score (nSPS) is 12.6. The minimum Gasteiger partial charge on any atom is -0.320 e. The van der Waals surface area contributed by atoms with Crippen LogP contribution >= 0.6 is 0 Å². The van der Waals surface area contributed by atoms with Gasteiger partial charge in [0.1, 0.15) is 0 Å². The lowest BCUT2D eigenvalue weighted by Crippen LogP contribution is -2.15. The summed E-state index contributed by atoms with van der Waals surface area (Å²) in [5.74, 6) is -1.42. The summed E-state index contributed by atoms with van der Waals surface area (Å²) >= 11 is 0. The maximum Gasteiger partial charge on any atom is 0.306 e. The van der Waals surface area contributed by atoms with Crippen molar-refractivity contribution in [3.8, 4) is 5.69 Å². The molecule has 1 amide bonds. The Kier molecular flexibility index (Phi) is 4.38. The van der Waals surface area contributed by atoms with Crippen molar-refractivity contribution >= 4 is 17.3 Å². The van der Waals surface area contributed by atoms with Crippen LogP contribution in [-0.2, 0) is 12.8 Å². The van der Waals surface area contributed by atoms with Gasteiger partial charge in [-0.25, -0.2) is 4.68 Å². The van der Waals surface area contributed by atoms with Gasteiger partial charge in [-0.05, 0) is 50.5 Å². The summed E-state index contributed by atoms with van der Waals surface area (Å²) in [6.07, 6.45) is 2.50. The number of nitrogens with one attached hydrogen (secondary N) is 1. The van der Waals surface area contributed by atoms with Gasteiger partial charge in [0.15, 0.2) is 5.69 Å². The quantitative estimate of drug-likeness (QED) is 0.548. The number of halogens is 1. The monoisotopic (exact) mass is 380 g/mol. The van der Waals surface area contributed by atoms with E-state index in [0.717, 1.165) is 53.9 Å². The van der Waals surface area contributed by atoms with Crippen LogP contribution < -0.4 is 5.32 Å². The average Bonchev–Trinajstić information content (AvgIpc) is 3.26. The minimum absolute atomic E-state index is 0.148. The van der Waals surface area contributed by atoms with Gasteiger partial charge in [-0.15, -0.1) is 0 Å². The molecule has 1 aromatic heterocycles. The second kappa shape index (κ2) is 6.88. The van der Waals surface area contributed by atoms with Crippen LogP contribution in [0.1, 0.15) is 33.7 Å². The number of fused-ring (bicyclic) bond motifs is 1. The number of hydrogen-bond acceptors (Lipinski definition) is 4. The van der Waals surface area contributed by atoms with Crippen molar-refractivity contribution in [2.75, 3.05) is 5.32 Å². The maximum atomic E-state index is 13.5. The van der Waals surface area contributed by atoms with E-state index < -0.39 is 22.3 Å². The Hall–Kier alpha value is -3.55. The van der Waals surface area contributed by atoms with E-state index in [1.54, 1.807) is 4.68 Å². The van der Waals surface area contributed by atoms with Gasteiger partial charge >= 0.3 is 5.69 Å². The molecule has 1 heterocycles. The van der Waals surface area contributed by atoms with Gasteiger partial charge in [-0.2, -0.15) is 9.49 Å². The fourth-order valence-corrected chi connectivity index (χ4v) is 3.44. The zero-order valence-corrected chi connectivity index (χ0v) is 15.1. The molecular formula is C20H17FN4O3. The van der Waals surface area contributed by atoms with Crippen LogP contribution in [0.5, 0.6) is 0 Å². The highest BCUT2D eigenvalue weighted by atomic mass is 19.1. The topological polar surface area (TPSA) is 90.1 Å². The van der Waals surface area contributed by atoms with Crippen molar-refractivity contribution in [1.29, 1.82) is 0 Å². The number of amides is 1. The molecule has 2 aromatic carbocycles. The third kappa shape index (κ3) is 3.13. The van der Waals surface area contributed by atoms with Gasteiger partial charge in [0.25, 0.3) is 5.91 Å². The molecule has 0 saturated heterocycles. The highest BCUT2D eigenvalue weighted by Crippen LogP contribution is 2.29. The van der Waals surface area contributed by atoms with Crippen LogP contribution in [0.15, 0.2) is 42.5 Å². The first-order chi connectivity index (χ1) is 13.4. The Morgan fingerprint density at radius 2 is 1.96 bits per heavy atom. The molecule has 7 nitrogen and oxygen atoms in total. The molecule has 1 aliphatic rings. The summed E-state index contributed by atoms with van der Waals surface area (Å²) in [7, 11) is 0. The summed E-state index contributed by atoms with van der Waals surface area (Å²) < 4.78 is 15.3. The Bertz CT molecular complexity index is 1090. The van der Waals surface area contributed by atoms with Gasteiger partial charge in [0, 0.05) is 23.0 Å². The number of nitrogens with zero attached hydrogens (tertiary/aromatic N) is 3. The van der Waals surface area contributed by atoms with E-state index in [4.69, 9.17) is 0 Å². The van der Waals surface area contributed by atoms with Crippen molar-refractivity contribution in [1.82, 2.24) is 9.78 Å². The molecule has 8 heteroatoms. The van der Waals surface area contributed by atoms with Gasteiger partial charge in [-0.1, -0.05) is 17.7 Å². The van der Waals surface area contributed by atoms with Crippen LogP contribution in [0.2, 0.25) is 0 Å². The summed E-state index contributed by atoms with van der Waals surface area (Å²) in [6.45, 7) is 2.00. The Labute approximate surface area is 160 Å². The first-order valence-electron chi connectivity index (χ1n) is 8.87. The zero-order valence-electron chi connectivity index (χ0n) is 15.1. The lowest BCUT2D eigenvalue weighted by atomic mass is 10.2. The Morgan fingerprint density at radius 1 is 1.21 bits per heavy atom. The molecule has 0 aliphatic heterocycles. The van der Waals surface area contributed by atoms with Crippen molar-refractivity contribution in [2.24, 2.45) is 0 Å². The van der Waals surface area contributed by atoms with Crippen LogP contribution in [0.25, 0.3) is 5.69 Å². The summed E-state index contributed by atoms with van der Waals surface area (Å²) in [4.78, 5) is 22.9. The van der Waals surface area contributed by atoms with E-state index in [-0.39, 0.29) is 5.69 Å². The number of nitro groups is 1. The molecule has 1 aliphatic carbocycles. The van der Waals surface area contributed by atoms with E-state index in [0.29, 0.717) is 5.69 Å². The second-order valence-electron chi connectivity index (χ2n) is 6.75. The first kappa shape index (κ1) is 17.8. The highest BCUT2D eigenvalue weighted by molar-refractivity contribution is 6.04. The number of rotatable bonds is 4. The van der Waals surface area contributed by atoms with Gasteiger partial charge in [0.05, 0.1) is 10.6 Å². The minimum atomic E-state index is -0.951. The van der Waals surface area contributed by atoms with Gasteiger partial charge in [-0.3, -0.25) is 14.9 Å². The molecule has 0 fully saturated rings.